The second-order valence-corrected chi connectivity index (χ2v) is 3.62. The molecule has 0 aliphatic carbocycles. The van der Waals surface area contributed by atoms with E-state index < -0.39 is 40.0 Å². The molecule has 0 amide bonds. The predicted octanol–water partition coefficient (Wildman–Crippen LogP) is 3.50. The third-order valence-electron chi connectivity index (χ3n) is 1.73. The van der Waals surface area contributed by atoms with Crippen LogP contribution in [0.2, 0.25) is 0 Å². The number of carboxylic acids is 1. The summed E-state index contributed by atoms with van der Waals surface area (Å²) >= 11 is 2.34. The van der Waals surface area contributed by atoms with Crippen molar-refractivity contribution in [2.45, 2.75) is 12.6 Å². The van der Waals surface area contributed by atoms with Crippen molar-refractivity contribution >= 4 is 21.9 Å². The largest absolute Gasteiger partial charge is 0.478 e. The Morgan fingerprint density at radius 3 is 2.29 bits per heavy atom. The zero-order valence-corrected chi connectivity index (χ0v) is 9.31. The smallest absolute Gasteiger partial charge is 0.419 e. The Hall–Kier alpha value is -1.25. The van der Waals surface area contributed by atoms with Crippen LogP contribution in [0.15, 0.2) is 10.7 Å². The molecule has 1 aromatic heterocycles. The summed E-state index contributed by atoms with van der Waals surface area (Å²) in [5.74, 6) is -1.96. The molecule has 1 rings (SSSR count). The lowest BCUT2D eigenvalue weighted by molar-refractivity contribution is -0.139. The molecule has 0 bridgehead atoms. The van der Waals surface area contributed by atoms with Crippen molar-refractivity contribution in [3.05, 3.63) is 27.5 Å². The third-order valence-corrected chi connectivity index (χ3v) is 2.31. The van der Waals surface area contributed by atoms with Gasteiger partial charge in [-0.05, 0) is 22.0 Å². The first-order chi connectivity index (χ1) is 7.64. The summed E-state index contributed by atoms with van der Waals surface area (Å²) in [5.41, 5.74) is -3.90. The molecule has 0 aliphatic heterocycles. The minimum atomic E-state index is -5.00. The summed E-state index contributed by atoms with van der Waals surface area (Å²) in [4.78, 5) is 13.6. The number of hydrogen-bond acceptors (Lipinski definition) is 2. The Kier molecular flexibility index (Phi) is 3.70. The number of carbonyl (C=O) groups is 1. The van der Waals surface area contributed by atoms with E-state index in [9.17, 15) is 26.7 Å². The third kappa shape index (κ3) is 2.90. The van der Waals surface area contributed by atoms with E-state index in [0.717, 1.165) is 0 Å². The van der Waals surface area contributed by atoms with E-state index in [1.807, 2.05) is 0 Å². The Balaban J connectivity index is 3.56. The summed E-state index contributed by atoms with van der Waals surface area (Å²) in [5, 5.41) is 8.57. The Morgan fingerprint density at radius 2 is 1.94 bits per heavy atom. The van der Waals surface area contributed by atoms with Gasteiger partial charge in [-0.3, -0.25) is 0 Å². The molecule has 0 radical (unpaired) electrons. The second kappa shape index (κ2) is 4.55. The zero-order chi connectivity index (χ0) is 13.4. The minimum Gasteiger partial charge on any atom is -0.478 e. The quantitative estimate of drug-likeness (QED) is 0.670. The number of hydrogen-bond donors (Lipinski definition) is 1. The van der Waals surface area contributed by atoms with Crippen LogP contribution in [-0.2, 0) is 6.18 Å². The topological polar surface area (TPSA) is 50.2 Å². The van der Waals surface area contributed by atoms with Gasteiger partial charge in [-0.15, -0.1) is 0 Å². The highest BCUT2D eigenvalue weighted by Gasteiger charge is 2.39. The van der Waals surface area contributed by atoms with Gasteiger partial charge < -0.3 is 5.11 Å². The fraction of sp³-hybridized carbons (Fsp3) is 0.250. The van der Waals surface area contributed by atoms with E-state index >= 15 is 0 Å². The maximum Gasteiger partial charge on any atom is 0.419 e. The molecule has 1 heterocycles. The molecule has 1 aromatic rings. The van der Waals surface area contributed by atoms with Crippen LogP contribution < -0.4 is 0 Å². The van der Waals surface area contributed by atoms with E-state index in [1.54, 1.807) is 0 Å². The fourth-order valence-corrected chi connectivity index (χ4v) is 1.73. The van der Waals surface area contributed by atoms with Gasteiger partial charge in [0.05, 0.1) is 5.56 Å². The number of rotatable bonds is 2. The molecule has 0 spiro atoms. The van der Waals surface area contributed by atoms with Gasteiger partial charge in [-0.1, -0.05) is 0 Å². The van der Waals surface area contributed by atoms with E-state index in [-0.39, 0.29) is 6.07 Å². The lowest BCUT2D eigenvalue weighted by Gasteiger charge is -2.13. The van der Waals surface area contributed by atoms with Crippen LogP contribution in [0, 0.1) is 0 Å². The standard InChI is InChI=1S/C8H3BrF5NO2/c9-5-4(8(12,13)14)2(7(16)17)1-3(15-5)6(10)11/h1,6H,(H,16,17). The van der Waals surface area contributed by atoms with Crippen molar-refractivity contribution < 1.29 is 31.9 Å². The highest BCUT2D eigenvalue weighted by molar-refractivity contribution is 9.10. The molecule has 0 aromatic carbocycles. The molecule has 0 fully saturated rings. The summed E-state index contributed by atoms with van der Waals surface area (Å²) in [7, 11) is 0. The summed E-state index contributed by atoms with van der Waals surface area (Å²) in [6.45, 7) is 0. The van der Waals surface area contributed by atoms with Crippen LogP contribution in [0.1, 0.15) is 28.0 Å². The lowest BCUT2D eigenvalue weighted by atomic mass is 10.1. The molecular formula is C8H3BrF5NO2. The van der Waals surface area contributed by atoms with Gasteiger partial charge in [0, 0.05) is 0 Å². The van der Waals surface area contributed by atoms with Crippen molar-refractivity contribution in [1.82, 2.24) is 4.98 Å². The molecule has 94 valence electrons. The summed E-state index contributed by atoms with van der Waals surface area (Å²) < 4.78 is 61.0. The molecule has 0 unspecified atom stereocenters. The van der Waals surface area contributed by atoms with Gasteiger partial charge in [0.15, 0.2) is 0 Å². The highest BCUT2D eigenvalue weighted by Crippen LogP contribution is 2.37. The van der Waals surface area contributed by atoms with Gasteiger partial charge in [0.25, 0.3) is 6.43 Å². The lowest BCUT2D eigenvalue weighted by Crippen LogP contribution is -2.16. The van der Waals surface area contributed by atoms with E-state index in [2.05, 4.69) is 20.9 Å². The molecule has 0 aliphatic rings. The van der Waals surface area contributed by atoms with Crippen LogP contribution >= 0.6 is 15.9 Å². The number of aromatic carboxylic acids is 1. The van der Waals surface area contributed by atoms with Gasteiger partial charge in [0.1, 0.15) is 15.9 Å². The first-order valence-electron chi connectivity index (χ1n) is 3.93. The maximum atomic E-state index is 12.5. The van der Waals surface area contributed by atoms with Gasteiger partial charge in [0.2, 0.25) is 0 Å². The number of halogens is 6. The molecule has 1 N–H and O–H groups in total. The van der Waals surface area contributed by atoms with Crippen LogP contribution in [0.4, 0.5) is 22.0 Å². The van der Waals surface area contributed by atoms with Crippen molar-refractivity contribution in [3.8, 4) is 0 Å². The minimum absolute atomic E-state index is 0.209. The van der Waals surface area contributed by atoms with Gasteiger partial charge in [-0.2, -0.15) is 13.2 Å². The van der Waals surface area contributed by atoms with Crippen LogP contribution in [0.25, 0.3) is 0 Å². The number of nitrogens with zero attached hydrogens (tertiary/aromatic N) is 1. The van der Waals surface area contributed by atoms with Gasteiger partial charge >= 0.3 is 12.1 Å². The van der Waals surface area contributed by atoms with Crippen LogP contribution in [0.3, 0.4) is 0 Å². The molecule has 0 saturated carbocycles. The van der Waals surface area contributed by atoms with E-state index in [4.69, 9.17) is 5.11 Å². The summed E-state index contributed by atoms with van der Waals surface area (Å²) in [6, 6.07) is 0.209. The molecular weight excluding hydrogens is 317 g/mol. The van der Waals surface area contributed by atoms with Crippen molar-refractivity contribution in [3.63, 3.8) is 0 Å². The van der Waals surface area contributed by atoms with Crippen LogP contribution in [-0.4, -0.2) is 16.1 Å². The van der Waals surface area contributed by atoms with Gasteiger partial charge in [-0.25, -0.2) is 18.6 Å². The number of pyridine rings is 1. The number of alkyl halides is 5. The first-order valence-corrected chi connectivity index (χ1v) is 4.73. The van der Waals surface area contributed by atoms with Crippen molar-refractivity contribution in [2.24, 2.45) is 0 Å². The van der Waals surface area contributed by atoms with E-state index in [1.165, 1.54) is 0 Å². The van der Waals surface area contributed by atoms with Crippen LogP contribution in [0.5, 0.6) is 0 Å². The van der Waals surface area contributed by atoms with E-state index in [0.29, 0.717) is 0 Å². The average Bonchev–Trinajstić information content (AvgIpc) is 2.13. The normalized spacial score (nSPS) is 11.9. The summed E-state index contributed by atoms with van der Waals surface area (Å²) in [6.07, 6.45) is -8.16. The number of carboxylic acid groups (broad SMARTS) is 1. The molecule has 17 heavy (non-hydrogen) atoms. The molecule has 0 atom stereocenters. The highest BCUT2D eigenvalue weighted by atomic mass is 79.9. The fourth-order valence-electron chi connectivity index (χ4n) is 1.08. The second-order valence-electron chi connectivity index (χ2n) is 2.86. The zero-order valence-electron chi connectivity index (χ0n) is 7.73. The Labute approximate surface area is 99.4 Å². The number of aromatic nitrogens is 1. The molecule has 9 heteroatoms. The van der Waals surface area contributed by atoms with Crippen molar-refractivity contribution in [1.29, 1.82) is 0 Å². The first kappa shape index (κ1) is 13.8. The molecule has 3 nitrogen and oxygen atoms in total. The average molecular weight is 320 g/mol. The Bertz CT molecular complexity index is 460. The monoisotopic (exact) mass is 319 g/mol. The predicted molar refractivity (Wildman–Crippen MR) is 48.9 cm³/mol. The molecule has 0 saturated heterocycles. The SMILES string of the molecule is O=C(O)c1cc(C(F)F)nc(Br)c1C(F)(F)F. The maximum absolute atomic E-state index is 12.5. The van der Waals surface area contributed by atoms with Crippen molar-refractivity contribution in [2.75, 3.05) is 0 Å². The Morgan fingerprint density at radius 1 is 1.41 bits per heavy atom.